The van der Waals surface area contributed by atoms with Gasteiger partial charge >= 0.3 is 0 Å². The van der Waals surface area contributed by atoms with Crippen LogP contribution in [0.4, 0.5) is 0 Å². The average molecular weight is 303 g/mol. The van der Waals surface area contributed by atoms with Gasteiger partial charge in [-0.2, -0.15) is 0 Å². The Hall–Kier alpha value is -1.95. The van der Waals surface area contributed by atoms with Crippen LogP contribution in [0.15, 0.2) is 35.6 Å². The zero-order valence-electron chi connectivity index (χ0n) is 12.5. The molecule has 0 aliphatic rings. The zero-order valence-corrected chi connectivity index (χ0v) is 13.3. The van der Waals surface area contributed by atoms with E-state index in [4.69, 9.17) is 0 Å². The first kappa shape index (κ1) is 15.4. The van der Waals surface area contributed by atoms with E-state index in [0.29, 0.717) is 6.54 Å². The fourth-order valence-electron chi connectivity index (χ4n) is 1.83. The van der Waals surface area contributed by atoms with Gasteiger partial charge in [-0.25, -0.2) is 4.98 Å². The number of nitrogens with zero attached hydrogens (tertiary/aromatic N) is 3. The van der Waals surface area contributed by atoms with E-state index in [1.165, 1.54) is 4.88 Å². The second-order valence-corrected chi connectivity index (χ2v) is 5.70. The van der Waals surface area contributed by atoms with Gasteiger partial charge in [0.2, 0.25) is 0 Å². The molecule has 0 aliphatic heterocycles. The number of aromatic nitrogens is 2. The van der Waals surface area contributed by atoms with E-state index in [1.54, 1.807) is 18.4 Å². The lowest BCUT2D eigenvalue weighted by molar-refractivity contribution is 0.782. The molecule has 0 saturated heterocycles. The molecule has 2 heterocycles. The minimum Gasteiger partial charge on any atom is -0.356 e. The Morgan fingerprint density at radius 2 is 2.19 bits per heavy atom. The molecule has 0 atom stereocenters. The lowest BCUT2D eigenvalue weighted by Crippen LogP contribution is -2.37. The number of thiazole rings is 1. The summed E-state index contributed by atoms with van der Waals surface area (Å²) in [5.74, 6) is 0.791. The molecule has 0 saturated carbocycles. The molecule has 0 spiro atoms. The number of aryl methyl sites for hydroxylation is 1. The van der Waals surface area contributed by atoms with Crippen molar-refractivity contribution in [3.8, 4) is 0 Å². The molecule has 6 heteroatoms. The molecule has 2 aromatic rings. The van der Waals surface area contributed by atoms with Crippen LogP contribution in [0.25, 0.3) is 0 Å². The lowest BCUT2D eigenvalue weighted by Gasteiger charge is -2.10. The first-order valence-corrected chi connectivity index (χ1v) is 7.91. The van der Waals surface area contributed by atoms with E-state index in [9.17, 15) is 0 Å². The van der Waals surface area contributed by atoms with Crippen molar-refractivity contribution in [3.63, 3.8) is 0 Å². The molecule has 0 radical (unpaired) electrons. The van der Waals surface area contributed by atoms with Crippen LogP contribution < -0.4 is 10.6 Å². The first-order chi connectivity index (χ1) is 10.3. The summed E-state index contributed by atoms with van der Waals surface area (Å²) in [5.41, 5.74) is 1.08. The number of pyridine rings is 1. The van der Waals surface area contributed by atoms with E-state index >= 15 is 0 Å². The first-order valence-electron chi connectivity index (χ1n) is 7.09. The highest BCUT2D eigenvalue weighted by Gasteiger charge is 2.02. The summed E-state index contributed by atoms with van der Waals surface area (Å²) in [4.78, 5) is 14.2. The summed E-state index contributed by atoms with van der Waals surface area (Å²) in [7, 11) is 1.77. The van der Waals surface area contributed by atoms with Gasteiger partial charge in [-0.3, -0.25) is 9.98 Å². The maximum absolute atomic E-state index is 4.38. The zero-order chi connectivity index (χ0) is 14.9. The number of guanidine groups is 1. The second kappa shape index (κ2) is 8.36. The Bertz CT molecular complexity index is 564. The van der Waals surface area contributed by atoms with Gasteiger partial charge in [-0.15, -0.1) is 11.3 Å². The molecule has 0 aliphatic carbocycles. The van der Waals surface area contributed by atoms with Crippen molar-refractivity contribution in [1.29, 1.82) is 0 Å². The fraction of sp³-hybridized carbons (Fsp3) is 0.400. The highest BCUT2D eigenvalue weighted by molar-refractivity contribution is 7.11. The minimum atomic E-state index is 0.702. The van der Waals surface area contributed by atoms with Gasteiger partial charge in [0, 0.05) is 43.0 Å². The Morgan fingerprint density at radius 3 is 2.86 bits per heavy atom. The van der Waals surface area contributed by atoms with Gasteiger partial charge in [0.05, 0.1) is 6.54 Å². The van der Waals surface area contributed by atoms with Crippen LogP contribution in [-0.2, 0) is 19.4 Å². The van der Waals surface area contributed by atoms with Gasteiger partial charge in [-0.1, -0.05) is 13.0 Å². The fourth-order valence-corrected chi connectivity index (χ4v) is 2.63. The van der Waals surface area contributed by atoms with Crippen molar-refractivity contribution in [2.45, 2.75) is 26.3 Å². The molecule has 2 aromatic heterocycles. The summed E-state index contributed by atoms with van der Waals surface area (Å²) in [6, 6.07) is 5.96. The molecule has 0 bridgehead atoms. The summed E-state index contributed by atoms with van der Waals surface area (Å²) >= 11 is 1.74. The number of hydrogen-bond acceptors (Lipinski definition) is 4. The van der Waals surface area contributed by atoms with Crippen molar-refractivity contribution < 1.29 is 0 Å². The minimum absolute atomic E-state index is 0.702. The Kier molecular flexibility index (Phi) is 6.15. The van der Waals surface area contributed by atoms with Crippen LogP contribution in [0.2, 0.25) is 0 Å². The highest BCUT2D eigenvalue weighted by atomic mass is 32.1. The Morgan fingerprint density at radius 1 is 1.29 bits per heavy atom. The molecule has 0 aromatic carbocycles. The van der Waals surface area contributed by atoms with Crippen LogP contribution in [0.5, 0.6) is 0 Å². The number of hydrogen-bond donors (Lipinski definition) is 2. The van der Waals surface area contributed by atoms with Crippen LogP contribution in [-0.4, -0.2) is 29.5 Å². The summed E-state index contributed by atoms with van der Waals surface area (Å²) in [6.07, 6.45) is 5.67. The lowest BCUT2D eigenvalue weighted by atomic mass is 10.3. The maximum Gasteiger partial charge on any atom is 0.191 e. The van der Waals surface area contributed by atoms with E-state index in [1.807, 2.05) is 30.6 Å². The quantitative estimate of drug-likeness (QED) is 0.633. The third-order valence-electron chi connectivity index (χ3n) is 2.98. The number of rotatable bonds is 6. The predicted molar refractivity (Wildman–Crippen MR) is 87.6 cm³/mol. The van der Waals surface area contributed by atoms with E-state index in [2.05, 4.69) is 32.5 Å². The van der Waals surface area contributed by atoms with E-state index < -0.39 is 0 Å². The average Bonchev–Trinajstić information content (AvgIpc) is 3.00. The molecule has 21 heavy (non-hydrogen) atoms. The summed E-state index contributed by atoms with van der Waals surface area (Å²) in [6.45, 7) is 3.64. The number of nitrogens with one attached hydrogen (secondary N) is 2. The molecule has 2 rings (SSSR count). The molecule has 0 amide bonds. The van der Waals surface area contributed by atoms with Crippen molar-refractivity contribution >= 4 is 17.3 Å². The molecule has 0 unspecified atom stereocenters. The van der Waals surface area contributed by atoms with E-state index in [0.717, 1.165) is 36.0 Å². The molecule has 112 valence electrons. The molecule has 5 nitrogen and oxygen atoms in total. The van der Waals surface area contributed by atoms with Gasteiger partial charge in [-0.05, 0) is 18.6 Å². The third-order valence-corrected chi connectivity index (χ3v) is 4.12. The van der Waals surface area contributed by atoms with Crippen molar-refractivity contribution in [2.75, 3.05) is 13.6 Å². The standard InChI is InChI=1S/C15H21N5S/c1-3-13-10-19-14(21-13)11-20-15(16-2)18-9-7-12-6-4-5-8-17-12/h4-6,8,10H,3,7,9,11H2,1-2H3,(H2,16,18,20). The predicted octanol–water partition coefficient (Wildman–Crippen LogP) is 2.01. The third kappa shape index (κ3) is 5.15. The smallest absolute Gasteiger partial charge is 0.191 e. The summed E-state index contributed by atoms with van der Waals surface area (Å²) in [5, 5.41) is 7.64. The normalized spacial score (nSPS) is 11.4. The summed E-state index contributed by atoms with van der Waals surface area (Å²) < 4.78 is 0. The largest absolute Gasteiger partial charge is 0.356 e. The van der Waals surface area contributed by atoms with Crippen LogP contribution in [0, 0.1) is 0 Å². The monoisotopic (exact) mass is 303 g/mol. The van der Waals surface area contributed by atoms with Gasteiger partial charge in [0.25, 0.3) is 0 Å². The Labute approximate surface area is 129 Å². The number of aliphatic imine (C=N–C) groups is 1. The molecular formula is C15H21N5S. The highest BCUT2D eigenvalue weighted by Crippen LogP contribution is 2.12. The van der Waals surface area contributed by atoms with Crippen LogP contribution >= 0.6 is 11.3 Å². The Balaban J connectivity index is 1.73. The molecular weight excluding hydrogens is 282 g/mol. The SMILES string of the molecule is CCc1cnc(CNC(=NC)NCCc2ccccn2)s1. The molecule has 0 fully saturated rings. The van der Waals surface area contributed by atoms with Crippen molar-refractivity contribution in [1.82, 2.24) is 20.6 Å². The van der Waals surface area contributed by atoms with Gasteiger partial charge < -0.3 is 10.6 Å². The van der Waals surface area contributed by atoms with Crippen LogP contribution in [0.1, 0.15) is 22.5 Å². The maximum atomic E-state index is 4.38. The van der Waals surface area contributed by atoms with Gasteiger partial charge in [0.15, 0.2) is 5.96 Å². The second-order valence-electron chi connectivity index (χ2n) is 4.50. The van der Waals surface area contributed by atoms with Crippen molar-refractivity contribution in [2.24, 2.45) is 4.99 Å². The van der Waals surface area contributed by atoms with Gasteiger partial charge in [0.1, 0.15) is 5.01 Å². The molecule has 2 N–H and O–H groups in total. The van der Waals surface area contributed by atoms with Crippen LogP contribution in [0.3, 0.4) is 0 Å². The van der Waals surface area contributed by atoms with E-state index in [-0.39, 0.29) is 0 Å². The van der Waals surface area contributed by atoms with Crippen molar-refractivity contribution in [3.05, 3.63) is 46.2 Å². The topological polar surface area (TPSA) is 62.2 Å².